The van der Waals surface area contributed by atoms with Gasteiger partial charge in [0.05, 0.1) is 18.1 Å². The Kier molecular flexibility index (Phi) is 8.65. The average molecular weight is 632 g/mol. The molecular weight excluding hydrogens is 598 g/mol. The molecule has 0 amide bonds. The summed E-state index contributed by atoms with van der Waals surface area (Å²) in [4.78, 5) is 10.4. The van der Waals surface area contributed by atoms with Crippen molar-refractivity contribution in [3.63, 3.8) is 0 Å². The predicted octanol–water partition coefficient (Wildman–Crippen LogP) is 6.54. The second-order valence-corrected chi connectivity index (χ2v) is 12.4. The molecule has 0 bridgehead atoms. The largest absolute Gasteiger partial charge is 0.416 e. The number of nitrogens with zero attached hydrogens (tertiary/aromatic N) is 7. The van der Waals surface area contributed by atoms with E-state index in [-0.39, 0.29) is 42.5 Å². The smallest absolute Gasteiger partial charge is 0.396 e. The second kappa shape index (κ2) is 12.5. The fourth-order valence-electron chi connectivity index (χ4n) is 6.77. The summed E-state index contributed by atoms with van der Waals surface area (Å²) in [5.41, 5.74) is 0.866. The highest BCUT2D eigenvalue weighted by Crippen LogP contribution is 2.40. The predicted molar refractivity (Wildman–Crippen MR) is 160 cm³/mol. The van der Waals surface area contributed by atoms with Crippen molar-refractivity contribution in [1.29, 1.82) is 0 Å². The number of aliphatic hydroxyl groups excluding tert-OH is 1. The van der Waals surface area contributed by atoms with Gasteiger partial charge in [-0.25, -0.2) is 9.37 Å². The van der Waals surface area contributed by atoms with E-state index in [1.165, 1.54) is 23.0 Å². The number of hydrogen-bond acceptors (Lipinski definition) is 7. The molecule has 2 fully saturated rings. The normalized spacial score (nSPS) is 20.9. The summed E-state index contributed by atoms with van der Waals surface area (Å²) in [5, 5.41) is 22.9. The molecule has 1 N–H and O–H groups in total. The zero-order valence-electron chi connectivity index (χ0n) is 24.3. The number of tetrazole rings is 1. The lowest BCUT2D eigenvalue weighted by Crippen LogP contribution is -2.39. The van der Waals surface area contributed by atoms with Gasteiger partial charge in [-0.2, -0.15) is 18.0 Å². The van der Waals surface area contributed by atoms with Crippen molar-refractivity contribution in [3.8, 4) is 0 Å². The zero-order valence-corrected chi connectivity index (χ0v) is 25.1. The summed E-state index contributed by atoms with van der Waals surface area (Å²) >= 11 is 6.12. The van der Waals surface area contributed by atoms with Gasteiger partial charge in [-0.1, -0.05) is 16.7 Å². The van der Waals surface area contributed by atoms with Crippen LogP contribution in [0, 0.1) is 17.7 Å². The number of aryl methyl sites for hydroxylation is 1. The summed E-state index contributed by atoms with van der Waals surface area (Å²) in [7, 11) is 1.62. The molecule has 1 saturated heterocycles. The molecule has 234 valence electrons. The van der Waals surface area contributed by atoms with Gasteiger partial charge in [0.2, 0.25) is 0 Å². The van der Waals surface area contributed by atoms with Gasteiger partial charge in [0, 0.05) is 54.3 Å². The molecule has 1 saturated carbocycles. The highest BCUT2D eigenvalue weighted by molar-refractivity contribution is 6.30. The topological polar surface area (TPSA) is 83.2 Å². The third-order valence-electron chi connectivity index (χ3n) is 8.90. The minimum atomic E-state index is -4.55. The lowest BCUT2D eigenvalue weighted by molar-refractivity contribution is -0.137. The van der Waals surface area contributed by atoms with Crippen molar-refractivity contribution in [2.24, 2.45) is 18.9 Å². The lowest BCUT2D eigenvalue weighted by Gasteiger charge is -2.37. The number of alkyl halides is 3. The van der Waals surface area contributed by atoms with E-state index >= 15 is 0 Å². The number of halogens is 5. The van der Waals surface area contributed by atoms with E-state index in [9.17, 15) is 22.7 Å². The zero-order chi connectivity index (χ0) is 31.0. The first-order chi connectivity index (χ1) is 21.1. The van der Waals surface area contributed by atoms with E-state index in [0.717, 1.165) is 74.0 Å². The van der Waals surface area contributed by atoms with Gasteiger partial charge < -0.3 is 14.9 Å². The van der Waals surface area contributed by atoms with E-state index in [2.05, 4.69) is 20.3 Å². The van der Waals surface area contributed by atoms with Crippen LogP contribution >= 0.6 is 11.6 Å². The van der Waals surface area contributed by atoms with Gasteiger partial charge in [-0.05, 0) is 97.5 Å². The number of aliphatic hydroxyl groups is 1. The van der Waals surface area contributed by atoms with Crippen LogP contribution in [0.2, 0.25) is 5.02 Å². The number of fused-ring (bicyclic) bond motifs is 1. The molecule has 6 rings (SSSR count). The molecule has 0 unspecified atom stereocenters. The van der Waals surface area contributed by atoms with Gasteiger partial charge in [0.15, 0.2) is 0 Å². The number of anilines is 2. The molecule has 0 spiro atoms. The Morgan fingerprint density at radius 3 is 2.52 bits per heavy atom. The molecule has 4 aromatic rings. The lowest BCUT2D eigenvalue weighted by atomic mass is 9.78. The van der Waals surface area contributed by atoms with Crippen LogP contribution in [0.15, 0.2) is 42.5 Å². The number of rotatable bonds is 8. The third-order valence-corrected chi connectivity index (χ3v) is 9.12. The highest BCUT2D eigenvalue weighted by atomic mass is 35.5. The Labute approximate surface area is 257 Å². The van der Waals surface area contributed by atoms with Crippen LogP contribution < -0.4 is 9.80 Å². The van der Waals surface area contributed by atoms with Crippen LogP contribution in [0.1, 0.15) is 55.2 Å². The third kappa shape index (κ3) is 6.61. The Balaban J connectivity index is 1.39. The molecule has 1 atom stereocenters. The fourth-order valence-corrected chi connectivity index (χ4v) is 7.03. The van der Waals surface area contributed by atoms with Crippen molar-refractivity contribution in [3.05, 3.63) is 70.0 Å². The van der Waals surface area contributed by atoms with Crippen LogP contribution in [0.25, 0.3) is 10.9 Å². The highest BCUT2D eigenvalue weighted by Gasteiger charge is 2.36. The van der Waals surface area contributed by atoms with E-state index in [4.69, 9.17) is 16.6 Å². The maximum Gasteiger partial charge on any atom is 0.416 e. The first-order valence-corrected chi connectivity index (χ1v) is 15.3. The van der Waals surface area contributed by atoms with Crippen LogP contribution in [0.5, 0.6) is 0 Å². The first-order valence-electron chi connectivity index (χ1n) is 14.9. The minimum absolute atomic E-state index is 0.0206. The van der Waals surface area contributed by atoms with Gasteiger partial charge in [0.25, 0.3) is 5.95 Å². The van der Waals surface area contributed by atoms with Crippen molar-refractivity contribution < 1.29 is 22.7 Å². The molecule has 44 heavy (non-hydrogen) atoms. The molecule has 0 radical (unpaired) electrons. The standard InChI is InChI=1S/C31H34ClF4N7O/c1-41-39-30(38-40-41)42(16-20-11-24(31(34,35)36)14-25(32)12-20)17-23-13-22-8-9-26(33)15-27(22)37-29(23)43-10-2-3-28(43)21-6-4-19(18-44)5-7-21/h8-9,11-15,19,21,28,44H,2-7,10,16-18H2,1H3/t19?,21?,28-/m1/s1. The number of hydrogen-bond donors (Lipinski definition) is 1. The van der Waals surface area contributed by atoms with Gasteiger partial charge in [-0.15, -0.1) is 5.10 Å². The summed E-state index contributed by atoms with van der Waals surface area (Å²) in [6, 6.07) is 10.2. The average Bonchev–Trinajstić information content (AvgIpc) is 3.65. The number of aromatic nitrogens is 5. The first kappa shape index (κ1) is 30.5. The van der Waals surface area contributed by atoms with E-state index < -0.39 is 11.7 Å². The Hall–Kier alpha value is -3.51. The molecule has 2 aromatic heterocycles. The van der Waals surface area contributed by atoms with Crippen molar-refractivity contribution in [1.82, 2.24) is 25.2 Å². The van der Waals surface area contributed by atoms with E-state index in [0.29, 0.717) is 22.9 Å². The maximum atomic E-state index is 14.3. The summed E-state index contributed by atoms with van der Waals surface area (Å²) in [5.74, 6) is 1.38. The molecular formula is C31H34ClF4N7O. The van der Waals surface area contributed by atoms with Crippen molar-refractivity contribution in [2.75, 3.05) is 23.0 Å². The van der Waals surface area contributed by atoms with Crippen LogP contribution in [-0.4, -0.2) is 49.5 Å². The van der Waals surface area contributed by atoms with Crippen LogP contribution in [0.3, 0.4) is 0 Å². The monoisotopic (exact) mass is 631 g/mol. The van der Waals surface area contributed by atoms with E-state index in [1.807, 2.05) is 6.07 Å². The molecule has 2 aliphatic rings. The van der Waals surface area contributed by atoms with Gasteiger partial charge >= 0.3 is 6.18 Å². The Bertz CT molecular complexity index is 1620. The molecule has 13 heteroatoms. The second-order valence-electron chi connectivity index (χ2n) is 12.0. The number of benzene rings is 2. The Morgan fingerprint density at radius 1 is 1.02 bits per heavy atom. The van der Waals surface area contributed by atoms with Crippen molar-refractivity contribution >= 4 is 34.3 Å². The Morgan fingerprint density at radius 2 is 1.82 bits per heavy atom. The number of pyridine rings is 1. The van der Waals surface area contributed by atoms with Crippen LogP contribution in [-0.2, 0) is 26.3 Å². The van der Waals surface area contributed by atoms with E-state index in [1.54, 1.807) is 18.0 Å². The molecule has 1 aliphatic heterocycles. The molecule has 8 nitrogen and oxygen atoms in total. The van der Waals surface area contributed by atoms with Crippen LogP contribution in [0.4, 0.5) is 29.3 Å². The van der Waals surface area contributed by atoms with Gasteiger partial charge in [-0.3, -0.25) is 0 Å². The SMILES string of the molecule is Cn1nnc(N(Cc2cc(Cl)cc(C(F)(F)F)c2)Cc2cc3ccc(F)cc3nc2N2CCC[C@@H]2C2CCC(CO)CC2)n1. The summed E-state index contributed by atoms with van der Waals surface area (Å²) < 4.78 is 55.2. The molecule has 1 aliphatic carbocycles. The maximum absolute atomic E-state index is 14.3. The minimum Gasteiger partial charge on any atom is -0.396 e. The molecule has 2 aromatic carbocycles. The summed E-state index contributed by atoms with van der Waals surface area (Å²) in [6.45, 7) is 1.25. The molecule has 3 heterocycles. The van der Waals surface area contributed by atoms with Gasteiger partial charge in [0.1, 0.15) is 11.6 Å². The summed E-state index contributed by atoms with van der Waals surface area (Å²) in [6.07, 6.45) is 1.47. The fraction of sp³-hybridized carbons (Fsp3) is 0.484. The van der Waals surface area contributed by atoms with Crippen molar-refractivity contribution in [2.45, 2.75) is 63.8 Å². The quantitative estimate of drug-likeness (QED) is 0.221.